The smallest absolute Gasteiger partial charge is 0.243 e. The molecule has 0 aromatic heterocycles. The van der Waals surface area contributed by atoms with E-state index in [1.54, 1.807) is 6.92 Å². The minimum atomic E-state index is -0.885. The van der Waals surface area contributed by atoms with E-state index >= 15 is 0 Å². The van der Waals surface area contributed by atoms with Crippen molar-refractivity contribution in [1.82, 2.24) is 21.3 Å². The molecule has 4 N–H and O–H groups in total. The van der Waals surface area contributed by atoms with Crippen molar-refractivity contribution in [2.45, 2.75) is 65.5 Å². The first kappa shape index (κ1) is 29.5. The Morgan fingerprint density at radius 3 is 2.03 bits per heavy atom. The Hall–Kier alpha value is -3.49. The lowest BCUT2D eigenvalue weighted by Gasteiger charge is -2.24. The fourth-order valence-electron chi connectivity index (χ4n) is 3.20. The zero-order chi connectivity index (χ0) is 26.4. The summed E-state index contributed by atoms with van der Waals surface area (Å²) < 4.78 is 0. The molecule has 2 atom stereocenters. The van der Waals surface area contributed by atoms with Gasteiger partial charge in [-0.2, -0.15) is 0 Å². The number of benzene rings is 1. The average molecular weight is 487 g/mol. The first-order valence-corrected chi connectivity index (χ1v) is 11.8. The first-order valence-electron chi connectivity index (χ1n) is 11.8. The van der Waals surface area contributed by atoms with Crippen LogP contribution in [0.15, 0.2) is 42.5 Å². The van der Waals surface area contributed by atoms with Gasteiger partial charge in [-0.25, -0.2) is 0 Å². The fourth-order valence-corrected chi connectivity index (χ4v) is 3.20. The highest BCUT2D eigenvalue weighted by Gasteiger charge is 2.27. The second-order valence-electron chi connectivity index (χ2n) is 9.15. The zero-order valence-electron chi connectivity index (χ0n) is 21.1. The van der Waals surface area contributed by atoms with Crippen LogP contribution in [0.3, 0.4) is 0 Å². The van der Waals surface area contributed by atoms with E-state index in [4.69, 9.17) is 0 Å². The van der Waals surface area contributed by atoms with Crippen molar-refractivity contribution >= 4 is 29.4 Å². The van der Waals surface area contributed by atoms with Gasteiger partial charge in [-0.1, -0.05) is 56.3 Å². The van der Waals surface area contributed by atoms with Gasteiger partial charge in [0.05, 0.1) is 6.54 Å². The molecule has 1 aromatic carbocycles. The van der Waals surface area contributed by atoms with Crippen molar-refractivity contribution in [3.63, 3.8) is 0 Å². The van der Waals surface area contributed by atoms with Gasteiger partial charge in [-0.3, -0.25) is 19.2 Å². The second kappa shape index (κ2) is 15.4. The highest BCUT2D eigenvalue weighted by Crippen LogP contribution is 2.08. The van der Waals surface area contributed by atoms with Crippen LogP contribution >= 0.6 is 0 Å². The number of amides is 4. The summed E-state index contributed by atoms with van der Waals surface area (Å²) in [6.45, 7) is 10.8. The maximum absolute atomic E-state index is 13.1. The van der Waals surface area contributed by atoms with Crippen LogP contribution in [-0.2, 0) is 30.4 Å². The fraction of sp³-hybridized carbons (Fsp3) is 0.500. The van der Waals surface area contributed by atoms with Crippen molar-refractivity contribution in [2.75, 3.05) is 13.1 Å². The van der Waals surface area contributed by atoms with Gasteiger partial charge < -0.3 is 26.1 Å². The Morgan fingerprint density at radius 2 is 1.46 bits per heavy atom. The predicted molar refractivity (Wildman–Crippen MR) is 134 cm³/mol. The summed E-state index contributed by atoms with van der Waals surface area (Å²) in [5.74, 6) is -1.82. The van der Waals surface area contributed by atoms with E-state index in [2.05, 4.69) is 27.8 Å². The molecule has 1 rings (SSSR count). The van der Waals surface area contributed by atoms with Crippen LogP contribution in [0.5, 0.6) is 0 Å². The van der Waals surface area contributed by atoms with E-state index in [-0.39, 0.29) is 50.0 Å². The zero-order valence-corrected chi connectivity index (χ0v) is 21.1. The van der Waals surface area contributed by atoms with Gasteiger partial charge in [0.2, 0.25) is 23.6 Å². The van der Waals surface area contributed by atoms with Gasteiger partial charge in [-0.05, 0) is 31.7 Å². The maximum atomic E-state index is 13.1. The standard InChI is InChI=1S/C26H38N4O5/c1-17(2)13-21(29-24(33)16-27-23(32)12-11-19(5)31)26(35)30-22(25(34)28-15-18(3)4)14-20-9-7-6-8-10-20/h6-10,17,21-22H,3,11-16H2,1-2,4-5H3,(H,27,32)(H,28,34)(H,29,33)(H,30,35). The molecule has 0 saturated carbocycles. The molecular weight excluding hydrogens is 448 g/mol. The number of rotatable bonds is 15. The molecule has 0 aliphatic heterocycles. The predicted octanol–water partition coefficient (Wildman–Crippen LogP) is 1.42. The molecule has 2 unspecified atom stereocenters. The summed E-state index contributed by atoms with van der Waals surface area (Å²) in [6, 6.07) is 7.58. The van der Waals surface area contributed by atoms with Gasteiger partial charge in [-0.15, -0.1) is 0 Å². The molecule has 0 aliphatic carbocycles. The van der Waals surface area contributed by atoms with Crippen LogP contribution in [0.2, 0.25) is 0 Å². The molecule has 0 radical (unpaired) electrons. The lowest BCUT2D eigenvalue weighted by atomic mass is 10.0. The number of nitrogens with one attached hydrogen (secondary N) is 4. The summed E-state index contributed by atoms with van der Waals surface area (Å²) in [4.78, 5) is 61.1. The Kier molecular flexibility index (Phi) is 13.0. The summed E-state index contributed by atoms with van der Waals surface area (Å²) in [5, 5.41) is 10.6. The van der Waals surface area contributed by atoms with Crippen LogP contribution in [0, 0.1) is 5.92 Å². The number of hydrogen-bond donors (Lipinski definition) is 4. The summed E-state index contributed by atoms with van der Waals surface area (Å²) in [5.41, 5.74) is 1.65. The Morgan fingerprint density at radius 1 is 0.800 bits per heavy atom. The minimum absolute atomic E-state index is 0.00101. The van der Waals surface area contributed by atoms with Crippen molar-refractivity contribution in [1.29, 1.82) is 0 Å². The van der Waals surface area contributed by atoms with E-state index < -0.39 is 29.8 Å². The molecule has 9 heteroatoms. The van der Waals surface area contributed by atoms with E-state index in [1.807, 2.05) is 44.2 Å². The van der Waals surface area contributed by atoms with Crippen molar-refractivity contribution in [3.05, 3.63) is 48.0 Å². The van der Waals surface area contributed by atoms with Crippen LogP contribution < -0.4 is 21.3 Å². The van der Waals surface area contributed by atoms with Gasteiger partial charge in [0.15, 0.2) is 0 Å². The topological polar surface area (TPSA) is 133 Å². The van der Waals surface area contributed by atoms with E-state index in [9.17, 15) is 24.0 Å². The highest BCUT2D eigenvalue weighted by molar-refractivity contribution is 5.93. The Labute approximate surface area is 207 Å². The largest absolute Gasteiger partial charge is 0.351 e. The van der Waals surface area contributed by atoms with Crippen LogP contribution in [0.4, 0.5) is 0 Å². The highest BCUT2D eigenvalue weighted by atomic mass is 16.2. The molecule has 0 fully saturated rings. The molecule has 35 heavy (non-hydrogen) atoms. The molecule has 0 spiro atoms. The number of carbonyl (C=O) groups is 5. The quantitative estimate of drug-likeness (QED) is 0.278. The van der Waals surface area contributed by atoms with Crippen molar-refractivity contribution in [3.8, 4) is 0 Å². The minimum Gasteiger partial charge on any atom is -0.351 e. The van der Waals surface area contributed by atoms with Crippen LogP contribution in [0.1, 0.15) is 52.5 Å². The monoisotopic (exact) mass is 486 g/mol. The Bertz CT molecular complexity index is 898. The average Bonchev–Trinajstić information content (AvgIpc) is 2.79. The molecule has 0 bridgehead atoms. The third-order valence-corrected chi connectivity index (χ3v) is 4.99. The van der Waals surface area contributed by atoms with Crippen molar-refractivity contribution < 1.29 is 24.0 Å². The van der Waals surface area contributed by atoms with E-state index in [1.165, 1.54) is 6.92 Å². The number of hydrogen-bond acceptors (Lipinski definition) is 5. The molecule has 0 saturated heterocycles. The van der Waals surface area contributed by atoms with E-state index in [0.717, 1.165) is 11.1 Å². The third kappa shape index (κ3) is 13.1. The number of ketones is 1. The second-order valence-corrected chi connectivity index (χ2v) is 9.15. The lowest BCUT2D eigenvalue weighted by molar-refractivity contribution is -0.132. The summed E-state index contributed by atoms with van der Waals surface area (Å²) in [7, 11) is 0. The first-order chi connectivity index (χ1) is 16.5. The molecule has 192 valence electrons. The lowest BCUT2D eigenvalue weighted by Crippen LogP contribution is -2.55. The van der Waals surface area contributed by atoms with Crippen LogP contribution in [0.25, 0.3) is 0 Å². The van der Waals surface area contributed by atoms with E-state index in [0.29, 0.717) is 6.42 Å². The van der Waals surface area contributed by atoms with Gasteiger partial charge in [0.1, 0.15) is 17.9 Å². The van der Waals surface area contributed by atoms with Gasteiger partial charge in [0.25, 0.3) is 0 Å². The number of carbonyl (C=O) groups excluding carboxylic acids is 5. The third-order valence-electron chi connectivity index (χ3n) is 4.99. The molecule has 1 aromatic rings. The summed E-state index contributed by atoms with van der Waals surface area (Å²) >= 11 is 0. The SMILES string of the molecule is C=C(C)CNC(=O)C(Cc1ccccc1)NC(=O)C(CC(C)C)NC(=O)CNC(=O)CCC(C)=O. The van der Waals surface area contributed by atoms with Crippen LogP contribution in [-0.4, -0.2) is 54.6 Å². The molecular formula is C26H38N4O5. The maximum Gasteiger partial charge on any atom is 0.243 e. The molecule has 4 amide bonds. The summed E-state index contributed by atoms with van der Waals surface area (Å²) in [6.07, 6.45) is 0.728. The Balaban J connectivity index is 2.85. The number of Topliss-reactive ketones (excluding diaryl/α,β-unsaturated/α-hetero) is 1. The van der Waals surface area contributed by atoms with Gasteiger partial charge in [0, 0.05) is 25.8 Å². The van der Waals surface area contributed by atoms with Crippen molar-refractivity contribution in [2.24, 2.45) is 5.92 Å². The van der Waals surface area contributed by atoms with Gasteiger partial charge >= 0.3 is 0 Å². The molecule has 0 aliphatic rings. The molecule has 9 nitrogen and oxygen atoms in total. The normalized spacial score (nSPS) is 12.3. The molecule has 0 heterocycles.